The van der Waals surface area contributed by atoms with Gasteiger partial charge in [0.25, 0.3) is 0 Å². The first-order chi connectivity index (χ1) is 21.3. The highest BCUT2D eigenvalue weighted by Crippen LogP contribution is 2.45. The van der Waals surface area contributed by atoms with E-state index in [1.165, 1.54) is 74.7 Å². The van der Waals surface area contributed by atoms with Crippen LogP contribution < -0.4 is 0 Å². The van der Waals surface area contributed by atoms with E-state index in [1.807, 2.05) is 11.3 Å². The van der Waals surface area contributed by atoms with Gasteiger partial charge in [-0.15, -0.1) is 11.3 Å². The van der Waals surface area contributed by atoms with Gasteiger partial charge in [0.1, 0.15) is 0 Å². The number of hydrogen-bond acceptors (Lipinski definition) is 3. The fraction of sp³-hybridized carbons (Fsp3) is 0. The van der Waals surface area contributed by atoms with Gasteiger partial charge in [0.2, 0.25) is 0 Å². The summed E-state index contributed by atoms with van der Waals surface area (Å²) < 4.78 is 2.74. The van der Waals surface area contributed by atoms with Crippen LogP contribution in [0.1, 0.15) is 0 Å². The molecule has 198 valence electrons. The minimum atomic E-state index is 0.952. The van der Waals surface area contributed by atoms with E-state index in [4.69, 9.17) is 4.98 Å². The van der Waals surface area contributed by atoms with E-state index in [1.54, 1.807) is 12.4 Å². The van der Waals surface area contributed by atoms with Crippen molar-refractivity contribution in [2.45, 2.75) is 0 Å². The van der Waals surface area contributed by atoms with E-state index in [0.29, 0.717) is 0 Å². The first kappa shape index (κ1) is 23.2. The smallest absolute Gasteiger partial charge is 0.0971 e. The average Bonchev–Trinajstić information content (AvgIpc) is 3.48. The van der Waals surface area contributed by atoms with E-state index < -0.39 is 0 Å². The number of nitrogens with zero attached hydrogens (tertiary/aromatic N) is 2. The third-order valence-corrected chi connectivity index (χ3v) is 10.3. The van der Waals surface area contributed by atoms with E-state index in [2.05, 4.69) is 126 Å². The molecule has 43 heavy (non-hydrogen) atoms. The second-order valence-corrected chi connectivity index (χ2v) is 12.5. The molecule has 0 atom stereocenters. The van der Waals surface area contributed by atoms with E-state index in [9.17, 15) is 0 Å². The molecule has 3 heteroatoms. The molecule has 0 radical (unpaired) electrons. The van der Waals surface area contributed by atoms with Gasteiger partial charge in [0.05, 0.1) is 11.0 Å². The van der Waals surface area contributed by atoms with Crippen LogP contribution in [-0.4, -0.2) is 9.97 Å². The van der Waals surface area contributed by atoms with Crippen molar-refractivity contribution in [1.29, 1.82) is 0 Å². The second-order valence-electron chi connectivity index (χ2n) is 11.4. The second kappa shape index (κ2) is 8.57. The van der Waals surface area contributed by atoms with Crippen molar-refractivity contribution < 1.29 is 0 Å². The molecule has 0 unspecified atom stereocenters. The zero-order valence-electron chi connectivity index (χ0n) is 23.0. The van der Waals surface area contributed by atoms with Gasteiger partial charge >= 0.3 is 0 Å². The van der Waals surface area contributed by atoms with Crippen molar-refractivity contribution in [2.75, 3.05) is 0 Å². The molecule has 0 amide bonds. The molecule has 0 saturated heterocycles. The van der Waals surface area contributed by atoms with Crippen LogP contribution in [0.2, 0.25) is 0 Å². The molecule has 2 heterocycles. The van der Waals surface area contributed by atoms with Crippen LogP contribution in [0.5, 0.6) is 0 Å². The summed E-state index contributed by atoms with van der Waals surface area (Å²) in [5, 5.41) is 12.6. The standard InChI is InChI=1S/C40H22N2S/c1-2-6-32-31(5-1)34-22-28(15-17-33(34)39-38(32)41-18-19-42-39)26-10-11-27-21-29(13-12-25(27)20-26)30-16-14-24-9-8-23-4-3-7-35-36(23)37(24)40(30)43-35/h1-22H. The zero-order chi connectivity index (χ0) is 28.1. The average molecular weight is 563 g/mol. The van der Waals surface area contributed by atoms with Crippen LogP contribution in [0.25, 0.3) is 96.5 Å². The molecular formula is C40H22N2S. The number of hydrogen-bond donors (Lipinski definition) is 0. The summed E-state index contributed by atoms with van der Waals surface area (Å²) in [5.41, 5.74) is 6.89. The lowest BCUT2D eigenvalue weighted by Crippen LogP contribution is -1.89. The Bertz CT molecular complexity index is 2700. The van der Waals surface area contributed by atoms with Crippen molar-refractivity contribution in [3.8, 4) is 22.3 Å². The van der Waals surface area contributed by atoms with Crippen LogP contribution in [0.15, 0.2) is 134 Å². The maximum absolute atomic E-state index is 4.71. The molecule has 10 aromatic rings. The highest BCUT2D eigenvalue weighted by atomic mass is 32.1. The molecule has 0 aliphatic rings. The van der Waals surface area contributed by atoms with Gasteiger partial charge in [-0.25, -0.2) is 0 Å². The lowest BCUT2D eigenvalue weighted by atomic mass is 9.93. The monoisotopic (exact) mass is 562 g/mol. The Kier molecular flexibility index (Phi) is 4.63. The Balaban J connectivity index is 1.12. The molecule has 0 spiro atoms. The molecular weight excluding hydrogens is 541 g/mol. The maximum Gasteiger partial charge on any atom is 0.0971 e. The molecule has 0 fully saturated rings. The molecule has 2 aromatic heterocycles. The molecule has 8 aromatic carbocycles. The topological polar surface area (TPSA) is 25.8 Å². The first-order valence-corrected chi connectivity index (χ1v) is 15.4. The number of fused-ring (bicyclic) bond motifs is 7. The predicted octanol–water partition coefficient (Wildman–Crippen LogP) is 11.4. The van der Waals surface area contributed by atoms with Gasteiger partial charge in [-0.3, -0.25) is 9.97 Å². The fourth-order valence-electron chi connectivity index (χ4n) is 7.06. The molecule has 0 N–H and O–H groups in total. The summed E-state index contributed by atoms with van der Waals surface area (Å²) in [5.74, 6) is 0. The van der Waals surface area contributed by atoms with Gasteiger partial charge in [0.15, 0.2) is 0 Å². The summed E-state index contributed by atoms with van der Waals surface area (Å²) in [6.07, 6.45) is 3.56. The molecule has 2 nitrogen and oxygen atoms in total. The zero-order valence-corrected chi connectivity index (χ0v) is 23.8. The van der Waals surface area contributed by atoms with Crippen LogP contribution in [-0.2, 0) is 0 Å². The van der Waals surface area contributed by atoms with Crippen molar-refractivity contribution in [3.63, 3.8) is 0 Å². The van der Waals surface area contributed by atoms with E-state index in [0.717, 1.165) is 21.8 Å². The summed E-state index contributed by atoms with van der Waals surface area (Å²) in [6.45, 7) is 0. The normalized spacial score (nSPS) is 12.2. The Morgan fingerprint density at radius 3 is 1.88 bits per heavy atom. The Morgan fingerprint density at radius 2 is 1.05 bits per heavy atom. The third-order valence-electron chi connectivity index (χ3n) is 9.08. The molecule has 0 saturated carbocycles. The van der Waals surface area contributed by atoms with Crippen molar-refractivity contribution in [1.82, 2.24) is 9.97 Å². The quantitative estimate of drug-likeness (QED) is 0.196. The fourth-order valence-corrected chi connectivity index (χ4v) is 8.37. The highest BCUT2D eigenvalue weighted by Gasteiger charge is 2.16. The molecule has 0 aliphatic heterocycles. The van der Waals surface area contributed by atoms with Crippen molar-refractivity contribution in [3.05, 3.63) is 134 Å². The number of aromatic nitrogens is 2. The molecule has 10 rings (SSSR count). The predicted molar refractivity (Wildman–Crippen MR) is 185 cm³/mol. The minimum absolute atomic E-state index is 0.952. The number of thiophene rings is 1. The Labute approximate surface area is 250 Å². The number of rotatable bonds is 2. The summed E-state index contributed by atoms with van der Waals surface area (Å²) in [7, 11) is 0. The van der Waals surface area contributed by atoms with E-state index in [-0.39, 0.29) is 0 Å². The Morgan fingerprint density at radius 1 is 0.419 bits per heavy atom. The minimum Gasteiger partial charge on any atom is -0.252 e. The summed E-state index contributed by atoms with van der Waals surface area (Å²) >= 11 is 1.91. The molecule has 0 aliphatic carbocycles. The van der Waals surface area contributed by atoms with Gasteiger partial charge < -0.3 is 0 Å². The van der Waals surface area contributed by atoms with Gasteiger partial charge in [-0.1, -0.05) is 97.1 Å². The maximum atomic E-state index is 4.71. The lowest BCUT2D eigenvalue weighted by Gasteiger charge is -2.12. The van der Waals surface area contributed by atoms with Crippen LogP contribution in [0, 0.1) is 0 Å². The number of benzene rings is 8. The first-order valence-electron chi connectivity index (χ1n) is 14.6. The third kappa shape index (κ3) is 3.28. The summed E-state index contributed by atoms with van der Waals surface area (Å²) in [6, 6.07) is 44.7. The lowest BCUT2D eigenvalue weighted by molar-refractivity contribution is 1.31. The van der Waals surface area contributed by atoms with Crippen LogP contribution >= 0.6 is 11.3 Å². The van der Waals surface area contributed by atoms with Crippen molar-refractivity contribution in [2.24, 2.45) is 0 Å². The Hall–Kier alpha value is -5.38. The largest absolute Gasteiger partial charge is 0.252 e. The van der Waals surface area contributed by atoms with E-state index >= 15 is 0 Å². The highest BCUT2D eigenvalue weighted by molar-refractivity contribution is 7.26. The van der Waals surface area contributed by atoms with Crippen LogP contribution in [0.3, 0.4) is 0 Å². The van der Waals surface area contributed by atoms with Crippen molar-refractivity contribution >= 4 is 85.6 Å². The van der Waals surface area contributed by atoms with Gasteiger partial charge in [-0.2, -0.15) is 0 Å². The van der Waals surface area contributed by atoms with Gasteiger partial charge in [-0.05, 0) is 78.8 Å². The van der Waals surface area contributed by atoms with Gasteiger partial charge in [0, 0.05) is 43.3 Å². The summed E-state index contributed by atoms with van der Waals surface area (Å²) in [4.78, 5) is 9.39. The SMILES string of the molecule is c1cc2ccc3ccc(-c4ccc5cc(-c6ccc7c(c6)c6ccccc6c6nccnc76)ccc5c4)c4sc(c1)c2c34. The van der Waals surface area contributed by atoms with Crippen LogP contribution in [0.4, 0.5) is 0 Å². The molecule has 0 bridgehead atoms.